The standard InChI is InChI=1S/C39H43N3O4/c1-26-18-19-30(38(46)42-21-20-28-14-8-9-16-31(28)25-42)23-33(26)36(44)40-34(22-27-12-6-5-7-13-27)35(43)24-29-15-10-11-17-32(29)37(45)41-39(2,3)4/h5-19,23,34-35,43H,20-22,24-25H2,1-4H3,(H,40,44)(H,41,45)/t34-,35+/m0/s1. The molecule has 0 saturated carbocycles. The molecule has 3 N–H and O–H groups in total. The summed E-state index contributed by atoms with van der Waals surface area (Å²) < 4.78 is 0. The molecular formula is C39H43N3O4. The van der Waals surface area contributed by atoms with Crippen molar-refractivity contribution >= 4 is 17.7 Å². The Hall–Kier alpha value is -4.75. The Labute approximate surface area is 271 Å². The van der Waals surface area contributed by atoms with Gasteiger partial charge in [0.1, 0.15) is 0 Å². The molecule has 1 heterocycles. The second-order valence-electron chi connectivity index (χ2n) is 13.2. The average molecular weight is 618 g/mol. The number of carbonyl (C=O) groups is 3. The molecule has 5 rings (SSSR count). The van der Waals surface area contributed by atoms with E-state index in [1.54, 1.807) is 30.3 Å². The zero-order valence-electron chi connectivity index (χ0n) is 27.0. The number of benzene rings is 4. The van der Waals surface area contributed by atoms with E-state index in [9.17, 15) is 19.5 Å². The van der Waals surface area contributed by atoms with Crippen molar-refractivity contribution in [2.45, 2.75) is 71.2 Å². The van der Waals surface area contributed by atoms with E-state index in [2.05, 4.69) is 22.8 Å². The first-order valence-electron chi connectivity index (χ1n) is 15.9. The van der Waals surface area contributed by atoms with Gasteiger partial charge in [-0.25, -0.2) is 0 Å². The largest absolute Gasteiger partial charge is 0.391 e. The van der Waals surface area contributed by atoms with Crippen LogP contribution in [-0.2, 0) is 25.8 Å². The lowest BCUT2D eigenvalue weighted by atomic mass is 9.93. The highest BCUT2D eigenvalue weighted by Crippen LogP contribution is 2.22. The number of nitrogens with zero attached hydrogens (tertiary/aromatic N) is 1. The van der Waals surface area contributed by atoms with Crippen molar-refractivity contribution in [2.24, 2.45) is 0 Å². The van der Waals surface area contributed by atoms with Crippen LogP contribution in [0.15, 0.2) is 97.1 Å². The molecule has 46 heavy (non-hydrogen) atoms. The molecule has 7 nitrogen and oxygen atoms in total. The maximum atomic E-state index is 13.9. The normalized spacial score (nSPS) is 14.2. The van der Waals surface area contributed by atoms with Crippen LogP contribution in [0.3, 0.4) is 0 Å². The van der Waals surface area contributed by atoms with Gasteiger partial charge >= 0.3 is 0 Å². The Kier molecular flexibility index (Phi) is 10.0. The third-order valence-corrected chi connectivity index (χ3v) is 8.41. The van der Waals surface area contributed by atoms with Crippen molar-refractivity contribution < 1.29 is 19.5 Å². The molecule has 3 amide bonds. The molecule has 0 aliphatic carbocycles. The molecule has 1 aliphatic heterocycles. The number of aliphatic hydroxyl groups excluding tert-OH is 1. The molecule has 0 bridgehead atoms. The average Bonchev–Trinajstić information content (AvgIpc) is 3.04. The Balaban J connectivity index is 1.37. The van der Waals surface area contributed by atoms with Crippen LogP contribution in [-0.4, -0.2) is 52.0 Å². The number of aliphatic hydroxyl groups is 1. The Morgan fingerprint density at radius 1 is 0.804 bits per heavy atom. The molecule has 4 aromatic carbocycles. The number of carbonyl (C=O) groups excluding carboxylic acids is 3. The molecule has 0 aromatic heterocycles. The minimum absolute atomic E-state index is 0.116. The summed E-state index contributed by atoms with van der Waals surface area (Å²) in [4.78, 5) is 42.3. The molecule has 0 radical (unpaired) electrons. The summed E-state index contributed by atoms with van der Waals surface area (Å²) in [5, 5.41) is 17.7. The van der Waals surface area contributed by atoms with Crippen LogP contribution in [0.2, 0.25) is 0 Å². The lowest BCUT2D eigenvalue weighted by Gasteiger charge is -2.29. The van der Waals surface area contributed by atoms with Crippen molar-refractivity contribution in [2.75, 3.05) is 6.54 Å². The molecule has 7 heteroatoms. The summed E-state index contributed by atoms with van der Waals surface area (Å²) in [5.74, 6) is -0.697. The van der Waals surface area contributed by atoms with E-state index in [4.69, 9.17) is 0 Å². The summed E-state index contributed by atoms with van der Waals surface area (Å²) in [6, 6.07) is 29.6. The predicted octanol–water partition coefficient (Wildman–Crippen LogP) is 5.67. The van der Waals surface area contributed by atoms with Crippen molar-refractivity contribution in [1.29, 1.82) is 0 Å². The highest BCUT2D eigenvalue weighted by atomic mass is 16.3. The predicted molar refractivity (Wildman–Crippen MR) is 181 cm³/mol. The third-order valence-electron chi connectivity index (χ3n) is 8.41. The Bertz CT molecular complexity index is 1710. The SMILES string of the molecule is Cc1ccc(C(=O)N2CCc3ccccc3C2)cc1C(=O)N[C@@H](Cc1ccccc1)[C@H](O)Cc1ccccc1C(=O)NC(C)(C)C. The number of hydrogen-bond acceptors (Lipinski definition) is 4. The zero-order valence-corrected chi connectivity index (χ0v) is 27.0. The van der Waals surface area contributed by atoms with Crippen molar-refractivity contribution in [1.82, 2.24) is 15.5 Å². The van der Waals surface area contributed by atoms with Crippen LogP contribution in [0.1, 0.15) is 79.7 Å². The molecule has 0 fully saturated rings. The lowest BCUT2D eigenvalue weighted by Crippen LogP contribution is -2.46. The highest BCUT2D eigenvalue weighted by molar-refractivity contribution is 6.01. The fourth-order valence-corrected chi connectivity index (χ4v) is 5.94. The van der Waals surface area contributed by atoms with Crippen LogP contribution in [0, 0.1) is 6.92 Å². The Morgan fingerprint density at radius 3 is 2.22 bits per heavy atom. The summed E-state index contributed by atoms with van der Waals surface area (Å²) in [6.07, 6.45) is 0.349. The van der Waals surface area contributed by atoms with Gasteiger partial charge in [-0.2, -0.15) is 0 Å². The van der Waals surface area contributed by atoms with Crippen LogP contribution in [0.25, 0.3) is 0 Å². The van der Waals surface area contributed by atoms with Gasteiger partial charge < -0.3 is 20.6 Å². The van der Waals surface area contributed by atoms with E-state index >= 15 is 0 Å². The van der Waals surface area contributed by atoms with E-state index in [1.807, 2.05) is 87.2 Å². The fourth-order valence-electron chi connectivity index (χ4n) is 5.94. The lowest BCUT2D eigenvalue weighted by molar-refractivity contribution is 0.0734. The molecule has 2 atom stereocenters. The van der Waals surface area contributed by atoms with Crippen molar-refractivity contribution in [3.63, 3.8) is 0 Å². The molecule has 1 aliphatic rings. The second-order valence-corrected chi connectivity index (χ2v) is 13.2. The molecule has 4 aromatic rings. The van der Waals surface area contributed by atoms with Gasteiger partial charge in [0, 0.05) is 41.7 Å². The number of rotatable bonds is 9. The number of nitrogens with one attached hydrogen (secondary N) is 2. The topological polar surface area (TPSA) is 98.7 Å². The number of hydrogen-bond donors (Lipinski definition) is 3. The summed E-state index contributed by atoms with van der Waals surface area (Å²) in [7, 11) is 0. The summed E-state index contributed by atoms with van der Waals surface area (Å²) in [5.41, 5.74) is 5.69. The van der Waals surface area contributed by atoms with Crippen LogP contribution >= 0.6 is 0 Å². The van der Waals surface area contributed by atoms with Crippen LogP contribution < -0.4 is 10.6 Å². The van der Waals surface area contributed by atoms with Gasteiger partial charge in [-0.15, -0.1) is 0 Å². The summed E-state index contributed by atoms with van der Waals surface area (Å²) in [6.45, 7) is 8.75. The summed E-state index contributed by atoms with van der Waals surface area (Å²) >= 11 is 0. The van der Waals surface area contributed by atoms with Gasteiger partial charge in [-0.3, -0.25) is 14.4 Å². The molecule has 0 spiro atoms. The number of fused-ring (bicyclic) bond motifs is 1. The first-order chi connectivity index (χ1) is 22.0. The van der Waals surface area contributed by atoms with E-state index in [0.717, 1.165) is 23.1 Å². The van der Waals surface area contributed by atoms with Gasteiger partial charge in [0.25, 0.3) is 17.7 Å². The smallest absolute Gasteiger partial charge is 0.254 e. The second kappa shape index (κ2) is 14.1. The Morgan fingerprint density at radius 2 is 1.48 bits per heavy atom. The van der Waals surface area contributed by atoms with E-state index in [0.29, 0.717) is 41.8 Å². The van der Waals surface area contributed by atoms with Gasteiger partial charge in [0.15, 0.2) is 0 Å². The first kappa shape index (κ1) is 32.6. The van der Waals surface area contributed by atoms with Gasteiger partial charge in [0.2, 0.25) is 0 Å². The first-order valence-corrected chi connectivity index (χ1v) is 15.9. The number of aryl methyl sites for hydroxylation is 1. The van der Waals surface area contributed by atoms with E-state index in [1.165, 1.54) is 5.56 Å². The monoisotopic (exact) mass is 617 g/mol. The number of amides is 3. The van der Waals surface area contributed by atoms with E-state index < -0.39 is 17.7 Å². The minimum atomic E-state index is -0.994. The van der Waals surface area contributed by atoms with Crippen molar-refractivity contribution in [3.05, 3.63) is 142 Å². The molecule has 238 valence electrons. The van der Waals surface area contributed by atoms with E-state index in [-0.39, 0.29) is 24.1 Å². The van der Waals surface area contributed by atoms with Crippen molar-refractivity contribution in [3.8, 4) is 0 Å². The van der Waals surface area contributed by atoms with Gasteiger partial charge in [-0.1, -0.05) is 78.9 Å². The van der Waals surface area contributed by atoms with Crippen LogP contribution in [0.5, 0.6) is 0 Å². The zero-order chi connectivity index (χ0) is 32.8. The quantitative estimate of drug-likeness (QED) is 0.226. The molecular weight excluding hydrogens is 574 g/mol. The molecule has 0 saturated heterocycles. The van der Waals surface area contributed by atoms with Crippen LogP contribution in [0.4, 0.5) is 0 Å². The van der Waals surface area contributed by atoms with Gasteiger partial charge in [-0.05, 0) is 86.6 Å². The fraction of sp³-hybridized carbons (Fsp3) is 0.308. The maximum Gasteiger partial charge on any atom is 0.254 e. The third kappa shape index (κ3) is 8.09. The minimum Gasteiger partial charge on any atom is -0.391 e. The maximum absolute atomic E-state index is 13.9. The van der Waals surface area contributed by atoms with Gasteiger partial charge in [0.05, 0.1) is 12.1 Å². The molecule has 0 unspecified atom stereocenters. The highest BCUT2D eigenvalue weighted by Gasteiger charge is 2.27.